The average Bonchev–Trinajstić information content (AvgIpc) is 2.31. The van der Waals surface area contributed by atoms with E-state index < -0.39 is 0 Å². The topological polar surface area (TPSA) is 23.5 Å². The number of nitrogens with zero attached hydrogens (tertiary/aromatic N) is 1. The van der Waals surface area contributed by atoms with Crippen molar-refractivity contribution < 1.29 is 5.11 Å². The van der Waals surface area contributed by atoms with Crippen molar-refractivity contribution in [3.05, 3.63) is 0 Å². The minimum atomic E-state index is -0.0478. The lowest BCUT2D eigenvalue weighted by Gasteiger charge is -2.17. The number of hydrogen-bond acceptors (Lipinski definition) is 2. The summed E-state index contributed by atoms with van der Waals surface area (Å²) >= 11 is 0. The molecule has 0 spiro atoms. The predicted molar refractivity (Wildman–Crippen MR) is 71.8 cm³/mol. The Kier molecular flexibility index (Phi) is 11.3. The predicted octanol–water partition coefficient (Wildman–Crippen LogP) is 3.44. The molecule has 16 heavy (non-hydrogen) atoms. The van der Waals surface area contributed by atoms with Gasteiger partial charge in [0, 0.05) is 0 Å². The third kappa shape index (κ3) is 9.17. The fourth-order valence-electron chi connectivity index (χ4n) is 2.02. The molecular weight excluding hydrogens is 198 g/mol. The second-order valence-corrected chi connectivity index (χ2v) is 4.67. The van der Waals surface area contributed by atoms with Gasteiger partial charge in [0.05, 0.1) is 6.10 Å². The van der Waals surface area contributed by atoms with Crippen LogP contribution in [0.3, 0.4) is 0 Å². The van der Waals surface area contributed by atoms with Crippen molar-refractivity contribution in [2.75, 3.05) is 19.6 Å². The Morgan fingerprint density at radius 1 is 0.875 bits per heavy atom. The smallest absolute Gasteiger partial charge is 0.0540 e. The molecule has 0 aromatic heterocycles. The molecule has 0 radical (unpaired) electrons. The van der Waals surface area contributed by atoms with Crippen molar-refractivity contribution in [1.82, 2.24) is 4.90 Å². The quantitative estimate of drug-likeness (QED) is 0.549. The summed E-state index contributed by atoms with van der Waals surface area (Å²) in [4.78, 5) is 2.47. The Labute approximate surface area is 102 Å². The standard InChI is InChI=1S/C14H31NO/c1-4-7-11-14(16)12-9-8-10-13-15(5-2)6-3/h14,16H,4-13H2,1-3H3/t14-/m1/s1. The van der Waals surface area contributed by atoms with Crippen LogP contribution in [-0.2, 0) is 0 Å². The highest BCUT2D eigenvalue weighted by molar-refractivity contribution is 4.57. The molecule has 0 amide bonds. The largest absolute Gasteiger partial charge is 0.393 e. The number of hydrogen-bond donors (Lipinski definition) is 1. The van der Waals surface area contributed by atoms with Crippen LogP contribution in [0.25, 0.3) is 0 Å². The first kappa shape index (κ1) is 15.9. The molecule has 0 bridgehead atoms. The summed E-state index contributed by atoms with van der Waals surface area (Å²) in [5, 5.41) is 9.67. The van der Waals surface area contributed by atoms with Gasteiger partial charge in [0.1, 0.15) is 0 Å². The first-order valence-electron chi connectivity index (χ1n) is 7.14. The van der Waals surface area contributed by atoms with E-state index in [4.69, 9.17) is 0 Å². The van der Waals surface area contributed by atoms with Crippen LogP contribution >= 0.6 is 0 Å². The highest BCUT2D eigenvalue weighted by atomic mass is 16.3. The molecule has 0 aromatic carbocycles. The van der Waals surface area contributed by atoms with Crippen molar-refractivity contribution in [2.24, 2.45) is 0 Å². The molecule has 0 heterocycles. The lowest BCUT2D eigenvalue weighted by Crippen LogP contribution is -2.23. The fraction of sp³-hybridized carbons (Fsp3) is 1.00. The first-order valence-corrected chi connectivity index (χ1v) is 7.14. The van der Waals surface area contributed by atoms with E-state index in [1.165, 1.54) is 38.6 Å². The van der Waals surface area contributed by atoms with E-state index >= 15 is 0 Å². The van der Waals surface area contributed by atoms with E-state index in [1.54, 1.807) is 0 Å². The van der Waals surface area contributed by atoms with Crippen molar-refractivity contribution in [3.63, 3.8) is 0 Å². The minimum Gasteiger partial charge on any atom is -0.393 e. The molecule has 0 rings (SSSR count). The fourth-order valence-corrected chi connectivity index (χ4v) is 2.02. The third-order valence-electron chi connectivity index (χ3n) is 3.30. The summed E-state index contributed by atoms with van der Waals surface area (Å²) in [5.41, 5.74) is 0. The molecule has 2 heteroatoms. The molecular formula is C14H31NO. The molecule has 0 fully saturated rings. The second-order valence-electron chi connectivity index (χ2n) is 4.67. The zero-order chi connectivity index (χ0) is 12.2. The van der Waals surface area contributed by atoms with Crippen LogP contribution in [0.4, 0.5) is 0 Å². The number of unbranched alkanes of at least 4 members (excludes halogenated alkanes) is 3. The number of rotatable bonds is 11. The lowest BCUT2D eigenvalue weighted by atomic mass is 10.1. The zero-order valence-electron chi connectivity index (χ0n) is 11.5. The van der Waals surface area contributed by atoms with E-state index in [9.17, 15) is 5.11 Å². The van der Waals surface area contributed by atoms with Gasteiger partial charge in [-0.2, -0.15) is 0 Å². The van der Waals surface area contributed by atoms with Gasteiger partial charge >= 0.3 is 0 Å². The van der Waals surface area contributed by atoms with Gasteiger partial charge in [0.25, 0.3) is 0 Å². The number of aliphatic hydroxyl groups excluding tert-OH is 1. The van der Waals surface area contributed by atoms with Crippen LogP contribution < -0.4 is 0 Å². The highest BCUT2D eigenvalue weighted by Gasteiger charge is 2.03. The van der Waals surface area contributed by atoms with Crippen LogP contribution in [0.15, 0.2) is 0 Å². The summed E-state index contributed by atoms with van der Waals surface area (Å²) in [6.45, 7) is 10.2. The summed E-state index contributed by atoms with van der Waals surface area (Å²) in [7, 11) is 0. The number of aliphatic hydroxyl groups is 1. The minimum absolute atomic E-state index is 0.0478. The molecule has 2 nitrogen and oxygen atoms in total. The first-order chi connectivity index (χ1) is 7.74. The SMILES string of the molecule is CCCC[C@@H](O)CCCCCN(CC)CC. The monoisotopic (exact) mass is 229 g/mol. The van der Waals surface area contributed by atoms with Gasteiger partial charge in [-0.15, -0.1) is 0 Å². The Morgan fingerprint density at radius 3 is 2.06 bits per heavy atom. The van der Waals surface area contributed by atoms with Gasteiger partial charge in [-0.25, -0.2) is 0 Å². The van der Waals surface area contributed by atoms with Gasteiger partial charge in [-0.1, -0.05) is 46.5 Å². The van der Waals surface area contributed by atoms with E-state index in [2.05, 4.69) is 25.7 Å². The molecule has 0 saturated carbocycles. The zero-order valence-corrected chi connectivity index (χ0v) is 11.5. The second kappa shape index (κ2) is 11.4. The highest BCUT2D eigenvalue weighted by Crippen LogP contribution is 2.09. The van der Waals surface area contributed by atoms with Crippen molar-refractivity contribution in [3.8, 4) is 0 Å². The molecule has 0 unspecified atom stereocenters. The van der Waals surface area contributed by atoms with Gasteiger partial charge < -0.3 is 10.0 Å². The maximum Gasteiger partial charge on any atom is 0.0540 e. The van der Waals surface area contributed by atoms with Crippen molar-refractivity contribution >= 4 is 0 Å². The molecule has 0 aromatic rings. The van der Waals surface area contributed by atoms with Crippen LogP contribution in [0, 0.1) is 0 Å². The van der Waals surface area contributed by atoms with Gasteiger partial charge in [-0.05, 0) is 38.9 Å². The molecule has 1 atom stereocenters. The third-order valence-corrected chi connectivity index (χ3v) is 3.30. The molecule has 1 N–H and O–H groups in total. The Hall–Kier alpha value is -0.0800. The van der Waals surface area contributed by atoms with Crippen LogP contribution in [0.2, 0.25) is 0 Å². The van der Waals surface area contributed by atoms with Gasteiger partial charge in [-0.3, -0.25) is 0 Å². The summed E-state index contributed by atoms with van der Waals surface area (Å²) < 4.78 is 0. The summed E-state index contributed by atoms with van der Waals surface area (Å²) in [6.07, 6.45) is 8.03. The van der Waals surface area contributed by atoms with Crippen molar-refractivity contribution in [2.45, 2.75) is 71.8 Å². The maximum absolute atomic E-state index is 9.67. The Bertz CT molecular complexity index is 135. The molecule has 0 saturated heterocycles. The van der Waals surface area contributed by atoms with Gasteiger partial charge in [0.15, 0.2) is 0 Å². The molecule has 0 aliphatic carbocycles. The van der Waals surface area contributed by atoms with Crippen LogP contribution in [0.5, 0.6) is 0 Å². The lowest BCUT2D eigenvalue weighted by molar-refractivity contribution is 0.147. The Morgan fingerprint density at radius 2 is 1.50 bits per heavy atom. The van der Waals surface area contributed by atoms with E-state index in [0.717, 1.165) is 25.9 Å². The normalized spacial score (nSPS) is 13.3. The molecule has 98 valence electrons. The van der Waals surface area contributed by atoms with Gasteiger partial charge in [0.2, 0.25) is 0 Å². The van der Waals surface area contributed by atoms with Crippen LogP contribution in [-0.4, -0.2) is 35.7 Å². The van der Waals surface area contributed by atoms with Crippen LogP contribution in [0.1, 0.15) is 65.7 Å². The summed E-state index contributed by atoms with van der Waals surface area (Å²) in [6, 6.07) is 0. The summed E-state index contributed by atoms with van der Waals surface area (Å²) in [5.74, 6) is 0. The van der Waals surface area contributed by atoms with E-state index in [0.29, 0.717) is 0 Å². The average molecular weight is 229 g/mol. The Balaban J connectivity index is 3.25. The van der Waals surface area contributed by atoms with E-state index in [1.807, 2.05) is 0 Å². The maximum atomic E-state index is 9.67. The van der Waals surface area contributed by atoms with Crippen molar-refractivity contribution in [1.29, 1.82) is 0 Å². The molecule has 0 aliphatic heterocycles. The molecule has 0 aliphatic rings. The van der Waals surface area contributed by atoms with E-state index in [-0.39, 0.29) is 6.10 Å².